The molecule has 0 atom stereocenters. The van der Waals surface area contributed by atoms with Gasteiger partial charge in [0.05, 0.1) is 17.0 Å². The van der Waals surface area contributed by atoms with Crippen LogP contribution in [0.25, 0.3) is 0 Å². The molecule has 0 aliphatic carbocycles. The number of benzene rings is 2. The first-order valence-electron chi connectivity index (χ1n) is 6.94. The van der Waals surface area contributed by atoms with Gasteiger partial charge in [0.1, 0.15) is 0 Å². The van der Waals surface area contributed by atoms with Gasteiger partial charge < -0.3 is 5.32 Å². The summed E-state index contributed by atoms with van der Waals surface area (Å²) >= 11 is 6.01. The first kappa shape index (κ1) is 17.3. The second-order valence-corrected chi connectivity index (χ2v) is 7.26. The topological polar surface area (TPSA) is 75.3 Å². The number of hydrogen-bond donors (Lipinski definition) is 2. The number of carbonyl (C=O) groups is 1. The molecule has 5 nitrogen and oxygen atoms in total. The molecule has 2 aromatic rings. The van der Waals surface area contributed by atoms with E-state index in [0.717, 1.165) is 11.8 Å². The monoisotopic (exact) mass is 352 g/mol. The van der Waals surface area contributed by atoms with Crippen molar-refractivity contribution < 1.29 is 13.2 Å². The molecule has 0 heterocycles. The summed E-state index contributed by atoms with van der Waals surface area (Å²) in [5, 5.41) is 2.96. The summed E-state index contributed by atoms with van der Waals surface area (Å²) < 4.78 is 24.7. The van der Waals surface area contributed by atoms with Crippen molar-refractivity contribution in [3.8, 4) is 0 Å². The van der Waals surface area contributed by atoms with Gasteiger partial charge in [-0.15, -0.1) is 0 Å². The third-order valence-corrected chi connectivity index (χ3v) is 3.94. The summed E-state index contributed by atoms with van der Waals surface area (Å²) in [6.07, 6.45) is 2.04. The molecule has 0 aromatic heterocycles. The first-order valence-corrected chi connectivity index (χ1v) is 9.21. The molecule has 2 N–H and O–H groups in total. The second-order valence-electron chi connectivity index (χ2n) is 5.10. The van der Waals surface area contributed by atoms with Crippen molar-refractivity contribution in [2.24, 2.45) is 0 Å². The molecule has 0 bridgehead atoms. The van der Waals surface area contributed by atoms with Crippen molar-refractivity contribution in [1.29, 1.82) is 0 Å². The first-order chi connectivity index (χ1) is 10.8. The van der Waals surface area contributed by atoms with E-state index in [-0.39, 0.29) is 16.6 Å². The highest BCUT2D eigenvalue weighted by Gasteiger charge is 2.09. The van der Waals surface area contributed by atoms with Gasteiger partial charge in [-0.25, -0.2) is 8.42 Å². The molecular weight excluding hydrogens is 336 g/mol. The Morgan fingerprint density at radius 1 is 1.13 bits per heavy atom. The van der Waals surface area contributed by atoms with Crippen molar-refractivity contribution in [1.82, 2.24) is 0 Å². The van der Waals surface area contributed by atoms with Gasteiger partial charge in [0, 0.05) is 12.1 Å². The molecule has 0 radical (unpaired) electrons. The van der Waals surface area contributed by atoms with Crippen molar-refractivity contribution in [3.63, 3.8) is 0 Å². The highest BCUT2D eigenvalue weighted by molar-refractivity contribution is 7.92. The van der Waals surface area contributed by atoms with Crippen LogP contribution in [0.3, 0.4) is 0 Å². The lowest BCUT2D eigenvalue weighted by Crippen LogP contribution is -2.13. The number of aryl methyl sites for hydroxylation is 1. The summed E-state index contributed by atoms with van der Waals surface area (Å²) in [5.41, 5.74) is 1.89. The molecule has 2 aromatic carbocycles. The van der Waals surface area contributed by atoms with Crippen molar-refractivity contribution in [3.05, 3.63) is 59.1 Å². The molecule has 2 rings (SSSR count). The summed E-state index contributed by atoms with van der Waals surface area (Å²) in [6.45, 7) is 0. The molecule has 23 heavy (non-hydrogen) atoms. The van der Waals surface area contributed by atoms with E-state index in [1.165, 1.54) is 12.1 Å². The third-order valence-electron chi connectivity index (χ3n) is 3.03. The number of hydrogen-bond acceptors (Lipinski definition) is 3. The van der Waals surface area contributed by atoms with Crippen molar-refractivity contribution >= 4 is 38.9 Å². The second kappa shape index (κ2) is 7.48. The van der Waals surface area contributed by atoms with Crippen LogP contribution in [-0.4, -0.2) is 20.6 Å². The molecule has 0 aliphatic rings. The van der Waals surface area contributed by atoms with Crippen LogP contribution >= 0.6 is 11.6 Å². The van der Waals surface area contributed by atoms with E-state index in [1.54, 1.807) is 6.07 Å². The molecule has 0 spiro atoms. The number of carbonyl (C=O) groups excluding carboxylic acids is 1. The predicted molar refractivity (Wildman–Crippen MR) is 93.3 cm³/mol. The maximum Gasteiger partial charge on any atom is 0.229 e. The molecule has 0 saturated carbocycles. The molecule has 0 aliphatic heterocycles. The number of amides is 1. The smallest absolute Gasteiger partial charge is 0.229 e. The van der Waals surface area contributed by atoms with Gasteiger partial charge in [-0.1, -0.05) is 41.9 Å². The van der Waals surface area contributed by atoms with Crippen LogP contribution in [0.2, 0.25) is 5.02 Å². The fraction of sp³-hybridized carbons (Fsp3) is 0.188. The summed E-state index contributed by atoms with van der Waals surface area (Å²) in [5.74, 6) is -0.131. The number of anilines is 2. The Balaban J connectivity index is 1.95. The van der Waals surface area contributed by atoms with Crippen LogP contribution in [0.5, 0.6) is 0 Å². The van der Waals surface area contributed by atoms with Crippen LogP contribution in [-0.2, 0) is 21.2 Å². The number of sulfonamides is 1. The van der Waals surface area contributed by atoms with Crippen LogP contribution in [0.1, 0.15) is 12.0 Å². The average molecular weight is 353 g/mol. The zero-order valence-electron chi connectivity index (χ0n) is 12.5. The van der Waals surface area contributed by atoms with Gasteiger partial charge in [0.25, 0.3) is 0 Å². The highest BCUT2D eigenvalue weighted by Crippen LogP contribution is 2.26. The molecule has 0 saturated heterocycles. The van der Waals surface area contributed by atoms with E-state index < -0.39 is 10.0 Å². The predicted octanol–water partition coefficient (Wildman–Crippen LogP) is 3.28. The van der Waals surface area contributed by atoms with E-state index in [9.17, 15) is 13.2 Å². The molecular formula is C16H17ClN2O3S. The van der Waals surface area contributed by atoms with Gasteiger partial charge >= 0.3 is 0 Å². The molecule has 7 heteroatoms. The van der Waals surface area contributed by atoms with Gasteiger partial charge in [0.15, 0.2) is 0 Å². The van der Waals surface area contributed by atoms with E-state index >= 15 is 0 Å². The summed E-state index contributed by atoms with van der Waals surface area (Å²) in [7, 11) is -3.40. The summed E-state index contributed by atoms with van der Waals surface area (Å²) in [6, 6.07) is 14.3. The van der Waals surface area contributed by atoms with Crippen molar-refractivity contribution in [2.75, 3.05) is 16.3 Å². The lowest BCUT2D eigenvalue weighted by atomic mass is 10.1. The Morgan fingerprint density at radius 2 is 1.83 bits per heavy atom. The SMILES string of the molecule is CS(=O)(=O)Nc1ccc(NC(=O)CCc2ccccc2)cc1Cl. The average Bonchev–Trinajstić information content (AvgIpc) is 2.48. The zero-order valence-corrected chi connectivity index (χ0v) is 14.1. The minimum absolute atomic E-state index is 0.131. The molecule has 0 unspecified atom stereocenters. The van der Waals surface area contributed by atoms with E-state index in [0.29, 0.717) is 18.5 Å². The highest BCUT2D eigenvalue weighted by atomic mass is 35.5. The molecule has 0 fully saturated rings. The minimum Gasteiger partial charge on any atom is -0.326 e. The van der Waals surface area contributed by atoms with Gasteiger partial charge in [0.2, 0.25) is 15.9 Å². The Kier molecular flexibility index (Phi) is 5.63. The van der Waals surface area contributed by atoms with Crippen LogP contribution in [0.15, 0.2) is 48.5 Å². The largest absolute Gasteiger partial charge is 0.326 e. The van der Waals surface area contributed by atoms with Gasteiger partial charge in [-0.05, 0) is 30.2 Å². The fourth-order valence-electron chi connectivity index (χ4n) is 2.00. The standard InChI is InChI=1S/C16H17ClN2O3S/c1-23(21,22)19-15-9-8-13(11-14(15)17)18-16(20)10-7-12-5-3-2-4-6-12/h2-6,8-9,11,19H,7,10H2,1H3,(H,18,20). The van der Waals surface area contributed by atoms with Crippen LogP contribution in [0, 0.1) is 0 Å². The minimum atomic E-state index is -3.40. The molecule has 122 valence electrons. The summed E-state index contributed by atoms with van der Waals surface area (Å²) in [4.78, 5) is 11.9. The quantitative estimate of drug-likeness (QED) is 0.837. The zero-order chi connectivity index (χ0) is 16.9. The van der Waals surface area contributed by atoms with Crippen LogP contribution in [0.4, 0.5) is 11.4 Å². The molecule has 1 amide bonds. The van der Waals surface area contributed by atoms with E-state index in [2.05, 4.69) is 10.0 Å². The Labute approximate surface area is 140 Å². The lowest BCUT2D eigenvalue weighted by Gasteiger charge is -2.09. The van der Waals surface area contributed by atoms with Gasteiger partial charge in [-0.2, -0.15) is 0 Å². The number of halogens is 1. The Bertz CT molecular complexity index is 792. The Morgan fingerprint density at radius 3 is 2.43 bits per heavy atom. The lowest BCUT2D eigenvalue weighted by molar-refractivity contribution is -0.116. The van der Waals surface area contributed by atoms with Crippen LogP contribution < -0.4 is 10.0 Å². The maximum atomic E-state index is 11.9. The van der Waals surface area contributed by atoms with Crippen molar-refractivity contribution in [2.45, 2.75) is 12.8 Å². The number of rotatable bonds is 6. The Hall–Kier alpha value is -2.05. The van der Waals surface area contributed by atoms with E-state index in [4.69, 9.17) is 11.6 Å². The van der Waals surface area contributed by atoms with Gasteiger partial charge in [-0.3, -0.25) is 9.52 Å². The van der Waals surface area contributed by atoms with E-state index in [1.807, 2.05) is 30.3 Å². The number of nitrogens with one attached hydrogen (secondary N) is 2. The maximum absolute atomic E-state index is 11.9. The fourth-order valence-corrected chi connectivity index (χ4v) is 2.86. The normalized spacial score (nSPS) is 11.0. The third kappa shape index (κ3) is 5.92.